The van der Waals surface area contributed by atoms with Crippen molar-refractivity contribution in [2.75, 3.05) is 13.7 Å². The minimum atomic E-state index is -0.0628. The van der Waals surface area contributed by atoms with E-state index < -0.39 is 0 Å². The molecule has 0 spiro atoms. The number of aromatic nitrogens is 5. The molecule has 0 aliphatic carbocycles. The maximum atomic E-state index is 12.6. The molecule has 6 rings (SSSR count). The van der Waals surface area contributed by atoms with E-state index in [0.717, 1.165) is 60.0 Å². The van der Waals surface area contributed by atoms with Gasteiger partial charge in [-0.1, -0.05) is 51.2 Å². The molecule has 12 heteroatoms. The molecule has 4 aromatic heterocycles. The second-order valence-corrected chi connectivity index (χ2v) is 13.8. The van der Waals surface area contributed by atoms with Gasteiger partial charge in [0.2, 0.25) is 4.96 Å². The van der Waals surface area contributed by atoms with Gasteiger partial charge in [0.25, 0.3) is 5.91 Å². The van der Waals surface area contributed by atoms with Gasteiger partial charge in [-0.15, -0.1) is 22.7 Å². The van der Waals surface area contributed by atoms with Crippen LogP contribution in [0.1, 0.15) is 55.2 Å². The van der Waals surface area contributed by atoms with Crippen LogP contribution in [0.3, 0.4) is 0 Å². The Kier molecular flexibility index (Phi) is 8.17. The number of carbonyl (C=O) groups is 1. The number of imidazole rings is 1. The highest BCUT2D eigenvalue weighted by Crippen LogP contribution is 2.39. The number of nitrogens with one attached hydrogen (secondary N) is 1. The first kappa shape index (κ1) is 29.2. The lowest BCUT2D eigenvalue weighted by Gasteiger charge is -2.22. The molecule has 0 bridgehead atoms. The molecule has 0 aliphatic rings. The largest absolute Gasteiger partial charge is 0.497 e. The Bertz CT molecular complexity index is 1870. The molecule has 0 saturated heterocycles. The molecular weight excluding hydrogens is 601 g/mol. The Morgan fingerprint density at radius 3 is 2.58 bits per heavy atom. The lowest BCUT2D eigenvalue weighted by Crippen LogP contribution is -2.33. The number of hydrogen-bond acceptors (Lipinski definition) is 10. The average molecular weight is 633 g/mol. The van der Waals surface area contributed by atoms with Gasteiger partial charge in [0, 0.05) is 35.2 Å². The molecule has 1 amide bonds. The van der Waals surface area contributed by atoms with E-state index in [9.17, 15) is 4.79 Å². The van der Waals surface area contributed by atoms with Gasteiger partial charge < -0.3 is 14.8 Å². The van der Waals surface area contributed by atoms with Crippen LogP contribution in [0, 0.1) is 5.41 Å². The van der Waals surface area contributed by atoms with Crippen LogP contribution < -0.4 is 14.8 Å². The minimum Gasteiger partial charge on any atom is -0.497 e. The lowest BCUT2D eigenvalue weighted by atomic mass is 9.90. The van der Waals surface area contributed by atoms with Gasteiger partial charge in [0.15, 0.2) is 0 Å². The Morgan fingerprint density at radius 1 is 1.05 bits per heavy atom. The zero-order valence-electron chi connectivity index (χ0n) is 24.6. The number of hydrogen-bond donors (Lipinski definition) is 1. The van der Waals surface area contributed by atoms with E-state index in [1.54, 1.807) is 29.8 Å². The molecule has 0 saturated carbocycles. The molecule has 0 fully saturated rings. The predicted molar refractivity (Wildman–Crippen MR) is 174 cm³/mol. The molecule has 0 unspecified atom stereocenters. The number of carbonyl (C=O) groups excluding carboxylic acids is 1. The number of nitrogens with zero attached hydrogens (tertiary/aromatic N) is 5. The average Bonchev–Trinajstić information content (AvgIpc) is 3.81. The van der Waals surface area contributed by atoms with Crippen molar-refractivity contribution in [2.45, 2.75) is 47.1 Å². The van der Waals surface area contributed by atoms with Crippen molar-refractivity contribution in [1.82, 2.24) is 29.9 Å². The van der Waals surface area contributed by atoms with E-state index in [1.165, 1.54) is 11.3 Å². The normalized spacial score (nSPS) is 11.8. The van der Waals surface area contributed by atoms with E-state index >= 15 is 0 Å². The molecule has 222 valence electrons. The van der Waals surface area contributed by atoms with Crippen LogP contribution in [0.2, 0.25) is 0 Å². The summed E-state index contributed by atoms with van der Waals surface area (Å²) in [4.78, 5) is 27.8. The van der Waals surface area contributed by atoms with Gasteiger partial charge in [0.1, 0.15) is 38.8 Å². The molecule has 1 N–H and O–H groups in total. The number of methoxy groups -OCH3 is 1. The first-order valence-electron chi connectivity index (χ1n) is 14.0. The summed E-state index contributed by atoms with van der Waals surface area (Å²) in [6.45, 7) is 9.45. The third-order valence-corrected chi connectivity index (χ3v) is 10.4. The maximum absolute atomic E-state index is 12.6. The second-order valence-electron chi connectivity index (χ2n) is 10.9. The first-order chi connectivity index (χ1) is 20.7. The van der Waals surface area contributed by atoms with Gasteiger partial charge in [-0.3, -0.25) is 4.79 Å². The number of thiazole rings is 2. The number of amides is 1. The Morgan fingerprint density at radius 2 is 1.86 bits per heavy atom. The van der Waals surface area contributed by atoms with E-state index in [0.29, 0.717) is 30.2 Å². The molecule has 43 heavy (non-hydrogen) atoms. The van der Waals surface area contributed by atoms with Crippen molar-refractivity contribution in [3.8, 4) is 32.8 Å². The molecule has 4 heterocycles. The number of aryl methyl sites for hydroxylation is 1. The smallest absolute Gasteiger partial charge is 0.251 e. The SMILES string of the molecule is CCc1nn2cc(-c3nc4cc(OC)cc(OCc5csc(-c6ccc(C(=O)NCC(C)(C)CC)cc6)n5)c4s3)nc2s1. The summed E-state index contributed by atoms with van der Waals surface area (Å²) in [5.41, 5.74) is 4.05. The van der Waals surface area contributed by atoms with Crippen LogP contribution in [0.15, 0.2) is 48.0 Å². The zero-order chi connectivity index (χ0) is 30.1. The van der Waals surface area contributed by atoms with Crippen LogP contribution in [-0.4, -0.2) is 44.1 Å². The van der Waals surface area contributed by atoms with Crippen molar-refractivity contribution in [1.29, 1.82) is 0 Å². The van der Waals surface area contributed by atoms with Crippen LogP contribution >= 0.6 is 34.0 Å². The fourth-order valence-corrected chi connectivity index (χ4v) is 6.86. The summed E-state index contributed by atoms with van der Waals surface area (Å²) in [6.07, 6.45) is 3.80. The Labute approximate surface area is 261 Å². The maximum Gasteiger partial charge on any atom is 0.251 e. The van der Waals surface area contributed by atoms with Crippen molar-refractivity contribution in [3.63, 3.8) is 0 Å². The summed E-state index contributed by atoms with van der Waals surface area (Å²) in [7, 11) is 1.63. The Balaban J connectivity index is 1.16. The fourth-order valence-electron chi connectivity index (χ4n) is 4.27. The second kappa shape index (κ2) is 12.0. The topological polar surface area (TPSA) is 104 Å². The molecular formula is C31H32N6O3S3. The third-order valence-electron chi connectivity index (χ3n) is 7.28. The van der Waals surface area contributed by atoms with Gasteiger partial charge >= 0.3 is 0 Å². The highest BCUT2D eigenvalue weighted by Gasteiger charge is 2.19. The van der Waals surface area contributed by atoms with E-state index in [1.807, 2.05) is 52.5 Å². The van der Waals surface area contributed by atoms with Crippen molar-refractivity contribution >= 4 is 55.1 Å². The molecule has 6 aromatic rings. The number of ether oxygens (including phenoxy) is 2. The van der Waals surface area contributed by atoms with Crippen molar-refractivity contribution < 1.29 is 14.3 Å². The molecule has 0 atom stereocenters. The standard InChI is InChI=1S/C31H32N6O3S3/c1-6-25-36-37-14-23(35-30(37)42-25)29-34-22-12-21(39-5)13-24(26(22)43-29)40-15-20-16-41-28(33-20)19-10-8-18(9-11-19)27(38)32-17-31(3,4)7-2/h8-14,16H,6-7,15,17H2,1-5H3,(H,32,38). The molecule has 9 nitrogen and oxygen atoms in total. The van der Waals surface area contributed by atoms with E-state index in [-0.39, 0.29) is 11.3 Å². The number of fused-ring (bicyclic) bond motifs is 2. The third kappa shape index (κ3) is 6.27. The van der Waals surface area contributed by atoms with Gasteiger partial charge in [-0.25, -0.2) is 19.5 Å². The van der Waals surface area contributed by atoms with E-state index in [2.05, 4.69) is 38.1 Å². The summed E-state index contributed by atoms with van der Waals surface area (Å²) in [5.74, 6) is 1.29. The monoisotopic (exact) mass is 632 g/mol. The molecule has 0 radical (unpaired) electrons. The van der Waals surface area contributed by atoms with Crippen LogP contribution in [-0.2, 0) is 13.0 Å². The Hall–Kier alpha value is -3.87. The number of benzene rings is 2. The number of rotatable bonds is 11. The highest BCUT2D eigenvalue weighted by atomic mass is 32.1. The van der Waals surface area contributed by atoms with Crippen molar-refractivity contribution in [2.24, 2.45) is 5.41 Å². The lowest BCUT2D eigenvalue weighted by molar-refractivity contribution is 0.0935. The minimum absolute atomic E-state index is 0.0628. The van der Waals surface area contributed by atoms with Crippen LogP contribution in [0.25, 0.3) is 36.5 Å². The van der Waals surface area contributed by atoms with Gasteiger partial charge in [-0.05, 0) is 30.4 Å². The molecule has 0 aliphatic heterocycles. The first-order valence-corrected chi connectivity index (χ1v) is 16.6. The van der Waals surface area contributed by atoms with Gasteiger partial charge in [0.05, 0.1) is 29.2 Å². The highest BCUT2D eigenvalue weighted by molar-refractivity contribution is 7.22. The van der Waals surface area contributed by atoms with Crippen LogP contribution in [0.5, 0.6) is 11.5 Å². The summed E-state index contributed by atoms with van der Waals surface area (Å²) >= 11 is 4.66. The van der Waals surface area contributed by atoms with Crippen LogP contribution in [0.4, 0.5) is 0 Å². The van der Waals surface area contributed by atoms with E-state index in [4.69, 9.17) is 24.4 Å². The summed E-state index contributed by atoms with van der Waals surface area (Å²) < 4.78 is 14.5. The fraction of sp³-hybridized carbons (Fsp3) is 0.323. The zero-order valence-corrected chi connectivity index (χ0v) is 27.1. The predicted octanol–water partition coefficient (Wildman–Crippen LogP) is 7.51. The summed E-state index contributed by atoms with van der Waals surface area (Å²) in [5, 5.41) is 12.3. The summed E-state index contributed by atoms with van der Waals surface area (Å²) in [6, 6.07) is 11.3. The van der Waals surface area contributed by atoms with Crippen molar-refractivity contribution in [3.05, 3.63) is 64.2 Å². The quantitative estimate of drug-likeness (QED) is 0.158. The van der Waals surface area contributed by atoms with Gasteiger partial charge in [-0.2, -0.15) is 5.10 Å². The molecule has 2 aromatic carbocycles.